The Morgan fingerprint density at radius 3 is 3.08 bits per heavy atom. The van der Waals surface area contributed by atoms with Crippen molar-refractivity contribution in [1.82, 2.24) is 5.32 Å². The summed E-state index contributed by atoms with van der Waals surface area (Å²) >= 11 is 0. The highest BCUT2D eigenvalue weighted by Gasteiger charge is 2.63. The summed E-state index contributed by atoms with van der Waals surface area (Å²) < 4.78 is 6.29. The molecule has 2 N–H and O–H groups in total. The number of hydrogen-bond donors (Lipinski definition) is 2. The number of nitrogens with zero attached hydrogens (tertiary/aromatic N) is 1. The van der Waals surface area contributed by atoms with Crippen LogP contribution >= 0.6 is 0 Å². The number of hydroxylamine groups is 1. The second-order valence-electron chi connectivity index (χ2n) is 7.84. The van der Waals surface area contributed by atoms with Gasteiger partial charge in [0.25, 0.3) is 5.91 Å². The van der Waals surface area contributed by atoms with Crippen LogP contribution < -0.4 is 10.4 Å². The lowest BCUT2D eigenvalue weighted by Gasteiger charge is -2.42. The van der Waals surface area contributed by atoms with Crippen LogP contribution in [-0.2, 0) is 19.8 Å². The number of aromatic hydroxyl groups is 1. The predicted molar refractivity (Wildman–Crippen MR) is 95.8 cm³/mol. The van der Waals surface area contributed by atoms with E-state index in [1.54, 1.807) is 12.1 Å². The predicted octanol–water partition coefficient (Wildman–Crippen LogP) is 1.88. The zero-order valence-electron chi connectivity index (χ0n) is 15.1. The maximum Gasteiger partial charge on any atom is 0.264 e. The van der Waals surface area contributed by atoms with Crippen molar-refractivity contribution in [2.45, 2.75) is 37.3 Å². The number of amides is 1. The summed E-state index contributed by atoms with van der Waals surface area (Å²) in [5.41, 5.74) is 2.21. The SMILES string of the molecule is C/C=C1\CN[C@H]2C[C@@]3(C(=O)N(OC)c4cc(O)ccc43)[C@H]3C[C@@H]1[C@@H]2CO3. The van der Waals surface area contributed by atoms with E-state index in [-0.39, 0.29) is 23.8 Å². The monoisotopic (exact) mass is 356 g/mol. The lowest BCUT2D eigenvalue weighted by molar-refractivity contribution is -0.137. The van der Waals surface area contributed by atoms with Gasteiger partial charge in [-0.3, -0.25) is 9.63 Å². The van der Waals surface area contributed by atoms with Gasteiger partial charge in [0, 0.05) is 24.6 Å². The number of allylic oxidation sites excluding steroid dienone is 1. The van der Waals surface area contributed by atoms with E-state index in [1.165, 1.54) is 17.7 Å². The normalized spacial score (nSPS) is 39.5. The van der Waals surface area contributed by atoms with Gasteiger partial charge < -0.3 is 15.2 Å². The molecule has 138 valence electrons. The van der Waals surface area contributed by atoms with E-state index in [0.29, 0.717) is 30.6 Å². The highest BCUT2D eigenvalue weighted by molar-refractivity contribution is 6.07. The smallest absolute Gasteiger partial charge is 0.264 e. The van der Waals surface area contributed by atoms with Gasteiger partial charge in [0.05, 0.1) is 25.5 Å². The molecule has 4 bridgehead atoms. The van der Waals surface area contributed by atoms with Gasteiger partial charge in [0.15, 0.2) is 0 Å². The zero-order valence-corrected chi connectivity index (χ0v) is 15.1. The van der Waals surface area contributed by atoms with Gasteiger partial charge >= 0.3 is 0 Å². The summed E-state index contributed by atoms with van der Waals surface area (Å²) in [6, 6.07) is 5.36. The third kappa shape index (κ3) is 1.89. The fraction of sp³-hybridized carbons (Fsp3) is 0.550. The fourth-order valence-electron chi connectivity index (χ4n) is 5.69. The molecule has 6 rings (SSSR count). The molecule has 0 radical (unpaired) electrons. The number of piperidine rings is 1. The first-order valence-corrected chi connectivity index (χ1v) is 9.32. The first-order chi connectivity index (χ1) is 12.6. The number of fused-ring (bicyclic) bond motifs is 2. The van der Waals surface area contributed by atoms with Gasteiger partial charge in [-0.15, -0.1) is 0 Å². The molecule has 4 heterocycles. The van der Waals surface area contributed by atoms with Crippen LogP contribution in [0.3, 0.4) is 0 Å². The minimum absolute atomic E-state index is 0.0809. The molecule has 1 saturated carbocycles. The minimum Gasteiger partial charge on any atom is -0.508 e. The Kier molecular flexibility index (Phi) is 3.48. The average molecular weight is 356 g/mol. The number of phenolic OH excluding ortho intramolecular Hbond substituents is 1. The number of anilines is 1. The van der Waals surface area contributed by atoms with Crippen LogP contribution in [0.4, 0.5) is 5.69 Å². The number of nitrogens with one attached hydrogen (secondary N) is 1. The molecule has 3 saturated heterocycles. The molecule has 6 heteroatoms. The van der Waals surface area contributed by atoms with Crippen LogP contribution in [0.5, 0.6) is 5.75 Å². The Balaban J connectivity index is 1.69. The van der Waals surface area contributed by atoms with Crippen LogP contribution in [0.1, 0.15) is 25.3 Å². The van der Waals surface area contributed by atoms with Crippen molar-refractivity contribution in [3.05, 3.63) is 35.4 Å². The van der Waals surface area contributed by atoms with E-state index in [4.69, 9.17) is 9.57 Å². The highest BCUT2D eigenvalue weighted by atomic mass is 16.7. The first-order valence-electron chi connectivity index (χ1n) is 9.32. The summed E-state index contributed by atoms with van der Waals surface area (Å²) in [6.45, 7) is 3.66. The van der Waals surface area contributed by atoms with E-state index < -0.39 is 5.41 Å². The zero-order chi connectivity index (χ0) is 18.1. The summed E-state index contributed by atoms with van der Waals surface area (Å²) in [6.07, 6.45) is 3.59. The largest absolute Gasteiger partial charge is 0.508 e. The molecule has 26 heavy (non-hydrogen) atoms. The summed E-state index contributed by atoms with van der Waals surface area (Å²) in [5, 5.41) is 14.9. The standard InChI is InChI=1S/C20H24N2O4/c1-3-11-9-21-16-8-20(18-7-13(11)14(16)10-26-18)15-5-4-12(23)6-17(15)22(25-2)19(20)24/h3-6,13-14,16,18,21,23H,7-10H2,1-2H3/b11-3+/t13-,14-,16-,18+,20-/m0/s1. The lowest BCUT2D eigenvalue weighted by Crippen LogP contribution is -2.50. The van der Waals surface area contributed by atoms with Crippen LogP contribution in [0.15, 0.2) is 29.8 Å². The van der Waals surface area contributed by atoms with Crippen LogP contribution in [0.25, 0.3) is 0 Å². The molecular weight excluding hydrogens is 332 g/mol. The summed E-state index contributed by atoms with van der Waals surface area (Å²) in [5.74, 6) is 0.912. The van der Waals surface area contributed by atoms with Crippen molar-refractivity contribution in [3.8, 4) is 5.75 Å². The van der Waals surface area contributed by atoms with Crippen molar-refractivity contribution < 1.29 is 19.5 Å². The molecule has 1 aliphatic carbocycles. The second kappa shape index (κ2) is 5.55. The van der Waals surface area contributed by atoms with Crippen LogP contribution in [-0.4, -0.2) is 43.4 Å². The van der Waals surface area contributed by atoms with E-state index in [1.807, 2.05) is 6.07 Å². The van der Waals surface area contributed by atoms with E-state index in [2.05, 4.69) is 18.3 Å². The van der Waals surface area contributed by atoms with Gasteiger partial charge in [0.2, 0.25) is 0 Å². The maximum absolute atomic E-state index is 13.6. The van der Waals surface area contributed by atoms with Crippen LogP contribution in [0, 0.1) is 11.8 Å². The van der Waals surface area contributed by atoms with E-state index in [9.17, 15) is 9.90 Å². The van der Waals surface area contributed by atoms with Gasteiger partial charge in [-0.2, -0.15) is 5.06 Å². The van der Waals surface area contributed by atoms with Gasteiger partial charge in [-0.05, 0) is 37.3 Å². The molecule has 5 aliphatic rings. The number of carbonyl (C=O) groups is 1. The number of phenols is 1. The third-order valence-electron chi connectivity index (χ3n) is 6.93. The second-order valence-corrected chi connectivity index (χ2v) is 7.84. The summed E-state index contributed by atoms with van der Waals surface area (Å²) in [4.78, 5) is 19.0. The molecule has 0 unspecified atom stereocenters. The number of carbonyl (C=O) groups excluding carboxylic acids is 1. The Morgan fingerprint density at radius 2 is 2.31 bits per heavy atom. The topological polar surface area (TPSA) is 71.0 Å². The minimum atomic E-state index is -0.761. The van der Waals surface area contributed by atoms with Gasteiger partial charge in [-0.1, -0.05) is 17.7 Å². The first kappa shape index (κ1) is 16.3. The van der Waals surface area contributed by atoms with Crippen LogP contribution in [0.2, 0.25) is 0 Å². The van der Waals surface area contributed by atoms with Gasteiger partial charge in [-0.25, -0.2) is 0 Å². The average Bonchev–Trinajstić information content (AvgIpc) is 2.74. The van der Waals surface area contributed by atoms with Crippen molar-refractivity contribution in [2.75, 3.05) is 25.3 Å². The quantitative estimate of drug-likeness (QED) is 0.752. The van der Waals surface area contributed by atoms with Crippen molar-refractivity contribution in [2.24, 2.45) is 11.8 Å². The molecule has 6 nitrogen and oxygen atoms in total. The maximum atomic E-state index is 13.6. The Labute approximate surface area is 152 Å². The molecule has 1 amide bonds. The highest BCUT2D eigenvalue weighted by Crippen LogP contribution is 2.56. The number of ether oxygens (including phenoxy) is 1. The summed E-state index contributed by atoms with van der Waals surface area (Å²) in [7, 11) is 1.49. The van der Waals surface area contributed by atoms with Crippen molar-refractivity contribution >= 4 is 11.6 Å². The molecular formula is C20H24N2O4. The van der Waals surface area contributed by atoms with E-state index in [0.717, 1.165) is 18.5 Å². The molecule has 5 atom stereocenters. The number of rotatable bonds is 1. The molecule has 4 aliphatic heterocycles. The number of benzene rings is 1. The van der Waals surface area contributed by atoms with E-state index >= 15 is 0 Å². The third-order valence-corrected chi connectivity index (χ3v) is 6.93. The lowest BCUT2D eigenvalue weighted by atomic mass is 9.72. The fourth-order valence-corrected chi connectivity index (χ4v) is 5.69. The van der Waals surface area contributed by atoms with Crippen molar-refractivity contribution in [3.63, 3.8) is 0 Å². The molecule has 1 spiro atoms. The Hall–Kier alpha value is -1.89. The molecule has 4 fully saturated rings. The molecule has 1 aromatic rings. The van der Waals surface area contributed by atoms with Gasteiger partial charge in [0.1, 0.15) is 11.2 Å². The molecule has 0 aromatic heterocycles. The Bertz CT molecular complexity index is 807. The molecule has 1 aromatic carbocycles. The number of hydrogen-bond acceptors (Lipinski definition) is 5. The van der Waals surface area contributed by atoms with Crippen molar-refractivity contribution in [1.29, 1.82) is 0 Å². The Morgan fingerprint density at radius 1 is 1.46 bits per heavy atom.